The first kappa shape index (κ1) is 12.8. The Hall–Kier alpha value is -1.24. The summed E-state index contributed by atoms with van der Waals surface area (Å²) in [6, 6.07) is -0.245. The zero-order valence-electron chi connectivity index (χ0n) is 8.86. The average Bonchev–Trinajstić information content (AvgIpc) is 2.17. The summed E-state index contributed by atoms with van der Waals surface area (Å²) >= 11 is 0. The molecule has 0 aromatic rings. The summed E-state index contributed by atoms with van der Waals surface area (Å²) in [6.45, 7) is 5.76. The highest BCUT2D eigenvalue weighted by atomic mass is 16.1. The van der Waals surface area contributed by atoms with E-state index in [9.17, 15) is 9.59 Å². The fraction of sp³-hybridized carbons (Fsp3) is 0.800. The van der Waals surface area contributed by atoms with Crippen LogP contribution in [-0.2, 0) is 9.59 Å². The Kier molecular flexibility index (Phi) is 6.55. The van der Waals surface area contributed by atoms with Crippen LogP contribution in [0.1, 0.15) is 33.6 Å². The molecule has 78 valence electrons. The molecule has 0 radical (unpaired) electrons. The van der Waals surface area contributed by atoms with Crippen LogP contribution in [-0.4, -0.2) is 24.2 Å². The maximum absolute atomic E-state index is 10.2. The Morgan fingerprint density at radius 3 is 2.14 bits per heavy atom. The Balaban J connectivity index is 4.47. The van der Waals surface area contributed by atoms with Crippen molar-refractivity contribution in [3.63, 3.8) is 0 Å². The third-order valence-electron chi connectivity index (χ3n) is 2.43. The second-order valence-electron chi connectivity index (χ2n) is 3.40. The Morgan fingerprint density at radius 1 is 1.14 bits per heavy atom. The van der Waals surface area contributed by atoms with Gasteiger partial charge in [-0.05, 0) is 13.3 Å². The number of rotatable bonds is 6. The van der Waals surface area contributed by atoms with Gasteiger partial charge in [-0.3, -0.25) is 0 Å². The lowest BCUT2D eigenvalue weighted by Gasteiger charge is -2.20. The van der Waals surface area contributed by atoms with Crippen LogP contribution in [0.5, 0.6) is 0 Å². The Bertz CT molecular complexity index is 253. The van der Waals surface area contributed by atoms with Gasteiger partial charge in [0.2, 0.25) is 12.2 Å². The third-order valence-corrected chi connectivity index (χ3v) is 2.43. The van der Waals surface area contributed by atoms with E-state index < -0.39 is 0 Å². The normalized spacial score (nSPS) is 15.9. The molecule has 0 aliphatic rings. The first-order valence-corrected chi connectivity index (χ1v) is 4.81. The van der Waals surface area contributed by atoms with Crippen molar-refractivity contribution in [2.75, 3.05) is 0 Å². The maximum Gasteiger partial charge on any atom is 0.235 e. The molecule has 14 heavy (non-hydrogen) atoms. The van der Waals surface area contributed by atoms with E-state index in [-0.39, 0.29) is 18.0 Å². The first-order valence-electron chi connectivity index (χ1n) is 4.81. The molecule has 3 unspecified atom stereocenters. The van der Waals surface area contributed by atoms with Crippen LogP contribution in [0.4, 0.5) is 0 Å². The summed E-state index contributed by atoms with van der Waals surface area (Å²) in [5, 5.41) is 0. The molecule has 0 aromatic heterocycles. The van der Waals surface area contributed by atoms with Crippen LogP contribution >= 0.6 is 0 Å². The molecule has 3 atom stereocenters. The van der Waals surface area contributed by atoms with Crippen molar-refractivity contribution in [2.24, 2.45) is 15.9 Å². The molecule has 0 aromatic carbocycles. The number of hydrogen-bond acceptors (Lipinski definition) is 4. The minimum atomic E-state index is -0.152. The SMILES string of the molecule is CCCC(N=C=O)C(C)C(C)N=C=O. The van der Waals surface area contributed by atoms with Crippen molar-refractivity contribution in [2.45, 2.75) is 45.7 Å². The number of carbonyl (C=O) groups excluding carboxylic acids is 2. The fourth-order valence-corrected chi connectivity index (χ4v) is 1.33. The predicted octanol–water partition coefficient (Wildman–Crippen LogP) is 1.85. The molecule has 4 nitrogen and oxygen atoms in total. The van der Waals surface area contributed by atoms with E-state index in [1.54, 1.807) is 6.08 Å². The van der Waals surface area contributed by atoms with Crippen LogP contribution < -0.4 is 0 Å². The van der Waals surface area contributed by atoms with Gasteiger partial charge < -0.3 is 0 Å². The van der Waals surface area contributed by atoms with Gasteiger partial charge in [0.25, 0.3) is 0 Å². The molecular weight excluding hydrogens is 180 g/mol. The Labute approximate surface area is 84.1 Å². The van der Waals surface area contributed by atoms with E-state index >= 15 is 0 Å². The average molecular weight is 196 g/mol. The highest BCUT2D eigenvalue weighted by molar-refractivity contribution is 5.34. The molecule has 0 saturated carbocycles. The summed E-state index contributed by atoms with van der Waals surface area (Å²) in [7, 11) is 0. The number of isocyanates is 2. The fourth-order valence-electron chi connectivity index (χ4n) is 1.33. The van der Waals surface area contributed by atoms with E-state index in [1.165, 1.54) is 6.08 Å². The largest absolute Gasteiger partial charge is 0.235 e. The minimum Gasteiger partial charge on any atom is -0.211 e. The lowest BCUT2D eigenvalue weighted by Crippen LogP contribution is -2.24. The van der Waals surface area contributed by atoms with E-state index in [2.05, 4.69) is 9.98 Å². The molecule has 0 rings (SSSR count). The summed E-state index contributed by atoms with van der Waals surface area (Å²) in [4.78, 5) is 27.6. The molecule has 4 heteroatoms. The zero-order valence-corrected chi connectivity index (χ0v) is 8.86. The molecule has 0 heterocycles. The third kappa shape index (κ3) is 4.13. The van der Waals surface area contributed by atoms with Crippen molar-refractivity contribution < 1.29 is 9.59 Å². The number of hydrogen-bond donors (Lipinski definition) is 0. The van der Waals surface area contributed by atoms with Crippen LogP contribution in [0.3, 0.4) is 0 Å². The van der Waals surface area contributed by atoms with Gasteiger partial charge >= 0.3 is 0 Å². The monoisotopic (exact) mass is 196 g/mol. The smallest absolute Gasteiger partial charge is 0.211 e. The number of nitrogens with zero attached hydrogens (tertiary/aromatic N) is 2. The van der Waals surface area contributed by atoms with Gasteiger partial charge in [-0.2, -0.15) is 0 Å². The molecule has 0 saturated heterocycles. The number of aliphatic imine (C=N–C) groups is 2. The highest BCUT2D eigenvalue weighted by Gasteiger charge is 2.21. The lowest BCUT2D eigenvalue weighted by atomic mass is 9.92. The zero-order chi connectivity index (χ0) is 11.0. The molecule has 0 spiro atoms. The van der Waals surface area contributed by atoms with Crippen LogP contribution in [0, 0.1) is 5.92 Å². The molecule has 0 aliphatic heterocycles. The minimum absolute atomic E-state index is 0.0675. The van der Waals surface area contributed by atoms with Crippen LogP contribution in [0.15, 0.2) is 9.98 Å². The molecule has 0 N–H and O–H groups in total. The summed E-state index contributed by atoms with van der Waals surface area (Å²) in [5.41, 5.74) is 0. The molecule has 0 fully saturated rings. The van der Waals surface area contributed by atoms with E-state index in [0.29, 0.717) is 0 Å². The van der Waals surface area contributed by atoms with E-state index in [1.807, 2.05) is 20.8 Å². The summed E-state index contributed by atoms with van der Waals surface area (Å²) < 4.78 is 0. The highest BCUT2D eigenvalue weighted by Crippen LogP contribution is 2.18. The van der Waals surface area contributed by atoms with Gasteiger partial charge in [-0.1, -0.05) is 20.3 Å². The van der Waals surface area contributed by atoms with Gasteiger partial charge in [0.1, 0.15) is 0 Å². The van der Waals surface area contributed by atoms with Crippen LogP contribution in [0.2, 0.25) is 0 Å². The topological polar surface area (TPSA) is 58.9 Å². The maximum atomic E-state index is 10.2. The summed E-state index contributed by atoms with van der Waals surface area (Å²) in [6.07, 6.45) is 4.84. The second-order valence-corrected chi connectivity index (χ2v) is 3.40. The van der Waals surface area contributed by atoms with Gasteiger partial charge in [0.05, 0.1) is 12.1 Å². The van der Waals surface area contributed by atoms with Crippen molar-refractivity contribution >= 4 is 12.2 Å². The Morgan fingerprint density at radius 2 is 1.71 bits per heavy atom. The van der Waals surface area contributed by atoms with E-state index in [0.717, 1.165) is 12.8 Å². The quantitative estimate of drug-likeness (QED) is 0.481. The van der Waals surface area contributed by atoms with Crippen molar-refractivity contribution in [3.05, 3.63) is 0 Å². The van der Waals surface area contributed by atoms with Crippen molar-refractivity contribution in [1.82, 2.24) is 0 Å². The van der Waals surface area contributed by atoms with Crippen molar-refractivity contribution in [3.8, 4) is 0 Å². The van der Waals surface area contributed by atoms with Gasteiger partial charge in [-0.25, -0.2) is 19.6 Å². The van der Waals surface area contributed by atoms with E-state index in [4.69, 9.17) is 0 Å². The molecule has 0 amide bonds. The van der Waals surface area contributed by atoms with Crippen LogP contribution in [0.25, 0.3) is 0 Å². The van der Waals surface area contributed by atoms with Gasteiger partial charge in [0, 0.05) is 5.92 Å². The first-order chi connectivity index (χ1) is 6.67. The second kappa shape index (κ2) is 7.19. The molecule has 0 aliphatic carbocycles. The molecular formula is C10H16N2O2. The predicted molar refractivity (Wildman–Crippen MR) is 53.6 cm³/mol. The van der Waals surface area contributed by atoms with Gasteiger partial charge in [0.15, 0.2) is 0 Å². The molecule has 0 bridgehead atoms. The summed E-state index contributed by atoms with van der Waals surface area (Å²) in [5.74, 6) is 0.0675. The lowest BCUT2D eigenvalue weighted by molar-refractivity contribution is 0.375. The van der Waals surface area contributed by atoms with Gasteiger partial charge in [-0.15, -0.1) is 0 Å². The van der Waals surface area contributed by atoms with Crippen molar-refractivity contribution in [1.29, 1.82) is 0 Å². The standard InChI is InChI=1S/C10H16N2O2/c1-4-5-10(12-7-14)8(2)9(3)11-6-13/h8-10H,4-5H2,1-3H3.